The third kappa shape index (κ3) is 4.70. The molecular weight excluding hydrogens is 262 g/mol. The number of hydrogen-bond acceptors (Lipinski definition) is 4. The van der Waals surface area contributed by atoms with E-state index in [-0.39, 0.29) is 0 Å². The van der Waals surface area contributed by atoms with Gasteiger partial charge in [0.15, 0.2) is 0 Å². The number of methoxy groups -OCH3 is 1. The fourth-order valence-corrected chi connectivity index (χ4v) is 2.92. The molecule has 1 aliphatic heterocycles. The molecule has 0 amide bonds. The van der Waals surface area contributed by atoms with Crippen LogP contribution in [0.25, 0.3) is 0 Å². The Morgan fingerprint density at radius 1 is 1.19 bits per heavy atom. The average molecular weight is 291 g/mol. The first-order chi connectivity index (χ1) is 10.1. The van der Waals surface area contributed by atoms with Crippen LogP contribution in [0.2, 0.25) is 0 Å². The summed E-state index contributed by atoms with van der Waals surface area (Å²) in [6, 6.07) is 6.42. The Morgan fingerprint density at radius 2 is 1.86 bits per heavy atom. The number of nitrogens with zero attached hydrogens (tertiary/aromatic N) is 2. The van der Waals surface area contributed by atoms with Crippen molar-refractivity contribution in [2.45, 2.75) is 20.4 Å². The number of aryl methyl sites for hydroxylation is 1. The molecule has 118 valence electrons. The van der Waals surface area contributed by atoms with Crippen LogP contribution >= 0.6 is 0 Å². The second kappa shape index (κ2) is 7.78. The summed E-state index contributed by atoms with van der Waals surface area (Å²) in [5, 5.41) is 0. The second-order valence-electron chi connectivity index (χ2n) is 6.23. The van der Waals surface area contributed by atoms with Gasteiger partial charge in [-0.2, -0.15) is 0 Å². The summed E-state index contributed by atoms with van der Waals surface area (Å²) in [4.78, 5) is 5.04. The topological polar surface area (TPSA) is 41.7 Å². The summed E-state index contributed by atoms with van der Waals surface area (Å²) in [6.07, 6.45) is 0. The van der Waals surface area contributed by atoms with Gasteiger partial charge >= 0.3 is 0 Å². The Morgan fingerprint density at radius 3 is 2.48 bits per heavy atom. The minimum absolute atomic E-state index is 0.591. The van der Waals surface area contributed by atoms with E-state index >= 15 is 0 Å². The van der Waals surface area contributed by atoms with Crippen molar-refractivity contribution in [2.24, 2.45) is 11.7 Å². The molecule has 4 heteroatoms. The molecule has 1 atom stereocenters. The molecule has 21 heavy (non-hydrogen) atoms. The minimum atomic E-state index is 0.591. The smallest absolute Gasteiger partial charge is 0.123 e. The first-order valence-electron chi connectivity index (χ1n) is 7.90. The lowest BCUT2D eigenvalue weighted by Gasteiger charge is -2.36. The second-order valence-corrected chi connectivity index (χ2v) is 6.23. The molecule has 0 aromatic heterocycles. The Bertz CT molecular complexity index is 442. The molecule has 0 saturated carbocycles. The van der Waals surface area contributed by atoms with E-state index in [1.54, 1.807) is 7.11 Å². The van der Waals surface area contributed by atoms with Crippen molar-refractivity contribution in [3.05, 3.63) is 29.3 Å². The maximum Gasteiger partial charge on any atom is 0.123 e. The molecule has 0 spiro atoms. The number of hydrogen-bond donors (Lipinski definition) is 1. The molecule has 0 aliphatic carbocycles. The monoisotopic (exact) mass is 291 g/mol. The molecule has 0 bridgehead atoms. The predicted octanol–water partition coefficient (Wildman–Crippen LogP) is 1.72. The first kappa shape index (κ1) is 16.3. The maximum atomic E-state index is 5.71. The number of ether oxygens (including phenoxy) is 1. The van der Waals surface area contributed by atoms with Crippen molar-refractivity contribution in [2.75, 3.05) is 46.4 Å². The quantitative estimate of drug-likeness (QED) is 0.866. The zero-order valence-electron chi connectivity index (χ0n) is 13.6. The van der Waals surface area contributed by atoms with E-state index < -0.39 is 0 Å². The SMILES string of the molecule is COc1ccc(C)cc1CN1CCN(CC(C)CN)CC1. The van der Waals surface area contributed by atoms with Crippen molar-refractivity contribution in [1.29, 1.82) is 0 Å². The van der Waals surface area contributed by atoms with E-state index in [4.69, 9.17) is 10.5 Å². The van der Waals surface area contributed by atoms with Crippen LogP contribution in [0.3, 0.4) is 0 Å². The van der Waals surface area contributed by atoms with Gasteiger partial charge < -0.3 is 15.4 Å². The minimum Gasteiger partial charge on any atom is -0.496 e. The maximum absolute atomic E-state index is 5.71. The normalized spacial score (nSPS) is 18.7. The third-order valence-corrected chi connectivity index (χ3v) is 4.27. The summed E-state index contributed by atoms with van der Waals surface area (Å²) in [7, 11) is 1.75. The highest BCUT2D eigenvalue weighted by Crippen LogP contribution is 2.22. The summed E-state index contributed by atoms with van der Waals surface area (Å²) >= 11 is 0. The highest BCUT2D eigenvalue weighted by Gasteiger charge is 2.19. The summed E-state index contributed by atoms with van der Waals surface area (Å²) in [6.45, 7) is 11.8. The highest BCUT2D eigenvalue weighted by molar-refractivity contribution is 5.36. The van der Waals surface area contributed by atoms with Gasteiger partial charge in [-0.05, 0) is 25.5 Å². The molecule has 1 saturated heterocycles. The summed E-state index contributed by atoms with van der Waals surface area (Å²) in [5.41, 5.74) is 8.30. The predicted molar refractivity (Wildman–Crippen MR) is 87.7 cm³/mol. The van der Waals surface area contributed by atoms with Crippen molar-refractivity contribution in [3.63, 3.8) is 0 Å². The van der Waals surface area contributed by atoms with Crippen molar-refractivity contribution in [1.82, 2.24) is 9.80 Å². The molecule has 1 unspecified atom stereocenters. The fourth-order valence-electron chi connectivity index (χ4n) is 2.92. The van der Waals surface area contributed by atoms with E-state index in [1.165, 1.54) is 11.1 Å². The number of rotatable bonds is 6. The molecule has 1 aromatic carbocycles. The summed E-state index contributed by atoms with van der Waals surface area (Å²) < 4.78 is 5.48. The molecule has 2 N–H and O–H groups in total. The standard InChI is InChI=1S/C17H29N3O/c1-14-4-5-17(21-3)16(10-14)13-20-8-6-19(7-9-20)12-15(2)11-18/h4-5,10,15H,6-9,11-13,18H2,1-3H3. The fraction of sp³-hybridized carbons (Fsp3) is 0.647. The van der Waals surface area contributed by atoms with Crippen LogP contribution < -0.4 is 10.5 Å². The van der Waals surface area contributed by atoms with Gasteiger partial charge in [-0.1, -0.05) is 24.6 Å². The third-order valence-electron chi connectivity index (χ3n) is 4.27. The van der Waals surface area contributed by atoms with E-state index in [9.17, 15) is 0 Å². The number of benzene rings is 1. The Hall–Kier alpha value is -1.10. The van der Waals surface area contributed by atoms with E-state index in [2.05, 4.69) is 41.8 Å². The molecule has 1 aliphatic rings. The molecule has 1 fully saturated rings. The van der Waals surface area contributed by atoms with Crippen molar-refractivity contribution in [3.8, 4) is 5.75 Å². The lowest BCUT2D eigenvalue weighted by Crippen LogP contribution is -2.47. The van der Waals surface area contributed by atoms with Gasteiger partial charge in [0.05, 0.1) is 7.11 Å². The van der Waals surface area contributed by atoms with Gasteiger partial charge in [-0.25, -0.2) is 0 Å². The molecule has 0 radical (unpaired) electrons. The van der Waals surface area contributed by atoms with Gasteiger partial charge in [0.25, 0.3) is 0 Å². The van der Waals surface area contributed by atoms with Crippen molar-refractivity contribution >= 4 is 0 Å². The number of nitrogens with two attached hydrogens (primary N) is 1. The lowest BCUT2D eigenvalue weighted by atomic mass is 10.1. The van der Waals surface area contributed by atoms with Crippen LogP contribution in [-0.4, -0.2) is 56.2 Å². The Balaban J connectivity index is 1.87. The van der Waals surface area contributed by atoms with Gasteiger partial charge in [0.1, 0.15) is 5.75 Å². The van der Waals surface area contributed by atoms with Gasteiger partial charge in [0.2, 0.25) is 0 Å². The largest absolute Gasteiger partial charge is 0.496 e. The Labute approximate surface area is 128 Å². The number of piperazine rings is 1. The van der Waals surface area contributed by atoms with Gasteiger partial charge in [-0.3, -0.25) is 4.90 Å². The van der Waals surface area contributed by atoms with Crippen LogP contribution in [0.4, 0.5) is 0 Å². The van der Waals surface area contributed by atoms with Crippen LogP contribution in [0, 0.1) is 12.8 Å². The van der Waals surface area contributed by atoms with Crippen molar-refractivity contribution < 1.29 is 4.74 Å². The lowest BCUT2D eigenvalue weighted by molar-refractivity contribution is 0.115. The van der Waals surface area contributed by atoms with Crippen LogP contribution in [0.1, 0.15) is 18.1 Å². The van der Waals surface area contributed by atoms with E-state index in [0.717, 1.165) is 51.6 Å². The molecule has 4 nitrogen and oxygen atoms in total. The summed E-state index contributed by atoms with van der Waals surface area (Å²) in [5.74, 6) is 1.59. The van der Waals surface area contributed by atoms with E-state index in [0.29, 0.717) is 5.92 Å². The van der Waals surface area contributed by atoms with Gasteiger partial charge in [0, 0.05) is 44.8 Å². The Kier molecular flexibility index (Phi) is 6.03. The highest BCUT2D eigenvalue weighted by atomic mass is 16.5. The van der Waals surface area contributed by atoms with Gasteiger partial charge in [-0.15, -0.1) is 0 Å². The zero-order valence-corrected chi connectivity index (χ0v) is 13.6. The molecular formula is C17H29N3O. The van der Waals surface area contributed by atoms with Crippen LogP contribution in [0.5, 0.6) is 5.75 Å². The first-order valence-corrected chi connectivity index (χ1v) is 7.90. The van der Waals surface area contributed by atoms with Crippen LogP contribution in [0.15, 0.2) is 18.2 Å². The van der Waals surface area contributed by atoms with E-state index in [1.807, 2.05) is 0 Å². The average Bonchev–Trinajstić information content (AvgIpc) is 2.49. The zero-order chi connectivity index (χ0) is 15.2. The van der Waals surface area contributed by atoms with Crippen LogP contribution in [-0.2, 0) is 6.54 Å². The molecule has 2 rings (SSSR count). The molecule has 1 aromatic rings. The molecule has 1 heterocycles.